The van der Waals surface area contributed by atoms with Crippen LogP contribution < -0.4 is 10.6 Å². The summed E-state index contributed by atoms with van der Waals surface area (Å²) in [6.45, 7) is 3.88. The minimum Gasteiger partial charge on any atom is -0.397 e. The number of aromatic amines is 2. The molecule has 1 aliphatic heterocycles. The van der Waals surface area contributed by atoms with Gasteiger partial charge in [0, 0.05) is 67.3 Å². The molecule has 10 heteroatoms. The van der Waals surface area contributed by atoms with Gasteiger partial charge in [-0.1, -0.05) is 0 Å². The fourth-order valence-corrected chi connectivity index (χ4v) is 4.37. The third kappa shape index (κ3) is 3.35. The summed E-state index contributed by atoms with van der Waals surface area (Å²) in [7, 11) is 2.13. The summed E-state index contributed by atoms with van der Waals surface area (Å²) in [5, 5.41) is 8.10. The zero-order chi connectivity index (χ0) is 22.5. The Kier molecular flexibility index (Phi) is 4.47. The Balaban J connectivity index is 1.46. The normalized spacial score (nSPS) is 15.0. The van der Waals surface area contributed by atoms with Crippen molar-refractivity contribution in [2.75, 3.05) is 43.9 Å². The number of benzene rings is 1. The maximum atomic E-state index is 14.8. The van der Waals surface area contributed by atoms with Gasteiger partial charge < -0.3 is 20.5 Å². The monoisotopic (exact) mass is 443 g/mol. The first-order chi connectivity index (χ1) is 16.1. The van der Waals surface area contributed by atoms with Crippen molar-refractivity contribution in [2.24, 2.45) is 0 Å². The molecule has 0 spiro atoms. The minimum absolute atomic E-state index is 0.381. The van der Waals surface area contributed by atoms with Crippen molar-refractivity contribution in [1.29, 1.82) is 0 Å². The van der Waals surface area contributed by atoms with E-state index in [4.69, 9.17) is 10.7 Å². The molecular weight excluding hydrogens is 421 g/mol. The highest BCUT2D eigenvalue weighted by Gasteiger charge is 2.21. The second-order valence-corrected chi connectivity index (χ2v) is 8.36. The van der Waals surface area contributed by atoms with Crippen LogP contribution >= 0.6 is 0 Å². The zero-order valence-electron chi connectivity index (χ0n) is 18.0. The first-order valence-electron chi connectivity index (χ1n) is 10.7. The van der Waals surface area contributed by atoms with Gasteiger partial charge in [-0.15, -0.1) is 0 Å². The highest BCUT2D eigenvalue weighted by molar-refractivity contribution is 5.97. The largest absolute Gasteiger partial charge is 0.397 e. The van der Waals surface area contributed by atoms with E-state index in [1.165, 1.54) is 12.3 Å². The molecule has 1 aromatic carbocycles. The number of likely N-dealkylation sites (N-methyl/N-ethyl adjacent to an activating group) is 1. The van der Waals surface area contributed by atoms with Crippen molar-refractivity contribution >= 4 is 33.4 Å². The fraction of sp³-hybridized carbons (Fsp3) is 0.217. The number of nitrogens with one attached hydrogen (secondary N) is 2. The summed E-state index contributed by atoms with van der Waals surface area (Å²) >= 11 is 0. The molecule has 1 aliphatic rings. The average molecular weight is 443 g/mol. The number of nitrogens with two attached hydrogens (primary N) is 1. The Labute approximate surface area is 188 Å². The maximum Gasteiger partial charge on any atom is 0.180 e. The number of halogens is 1. The van der Waals surface area contributed by atoms with Crippen LogP contribution in [-0.4, -0.2) is 68.3 Å². The van der Waals surface area contributed by atoms with Crippen molar-refractivity contribution in [3.63, 3.8) is 0 Å². The van der Waals surface area contributed by atoms with Crippen LogP contribution in [0.1, 0.15) is 0 Å². The molecule has 0 unspecified atom stereocenters. The highest BCUT2D eigenvalue weighted by Crippen LogP contribution is 2.33. The van der Waals surface area contributed by atoms with Gasteiger partial charge in [0.15, 0.2) is 11.5 Å². The number of hydrogen-bond donors (Lipinski definition) is 3. The van der Waals surface area contributed by atoms with E-state index in [9.17, 15) is 4.39 Å². The van der Waals surface area contributed by atoms with Crippen molar-refractivity contribution in [3.05, 3.63) is 48.7 Å². The van der Waals surface area contributed by atoms with Crippen LogP contribution in [0.25, 0.3) is 44.7 Å². The van der Waals surface area contributed by atoms with Crippen LogP contribution in [-0.2, 0) is 0 Å². The van der Waals surface area contributed by atoms with Crippen molar-refractivity contribution in [1.82, 2.24) is 35.0 Å². The maximum absolute atomic E-state index is 14.8. The molecule has 5 aromatic rings. The number of hydrogen-bond acceptors (Lipinski definition) is 7. The van der Waals surface area contributed by atoms with Gasteiger partial charge >= 0.3 is 0 Å². The topological polar surface area (TPSA) is 116 Å². The Morgan fingerprint density at radius 1 is 1.09 bits per heavy atom. The van der Waals surface area contributed by atoms with Gasteiger partial charge in [0.25, 0.3) is 0 Å². The first kappa shape index (κ1) is 19.6. The molecule has 4 N–H and O–H groups in total. The lowest BCUT2D eigenvalue weighted by Gasteiger charge is -2.34. The minimum atomic E-state index is -0.381. The smallest absolute Gasteiger partial charge is 0.180 e. The zero-order valence-corrected chi connectivity index (χ0v) is 18.0. The molecule has 1 saturated heterocycles. The van der Waals surface area contributed by atoms with Gasteiger partial charge in [0.1, 0.15) is 17.0 Å². The van der Waals surface area contributed by atoms with Crippen LogP contribution in [0.4, 0.5) is 15.8 Å². The molecule has 4 aromatic heterocycles. The van der Waals surface area contributed by atoms with Crippen LogP contribution in [0.3, 0.4) is 0 Å². The molecule has 6 rings (SSSR count). The number of fused-ring (bicyclic) bond motifs is 2. The summed E-state index contributed by atoms with van der Waals surface area (Å²) in [6, 6.07) is 6.89. The van der Waals surface area contributed by atoms with Crippen LogP contribution in [0.2, 0.25) is 0 Å². The van der Waals surface area contributed by atoms with Crippen molar-refractivity contribution in [3.8, 4) is 22.6 Å². The molecule has 0 radical (unpaired) electrons. The second-order valence-electron chi connectivity index (χ2n) is 8.36. The van der Waals surface area contributed by atoms with Gasteiger partial charge in [-0.05, 0) is 25.2 Å². The van der Waals surface area contributed by atoms with Gasteiger partial charge in [0.2, 0.25) is 0 Å². The molecule has 1 fully saturated rings. The van der Waals surface area contributed by atoms with Gasteiger partial charge in [-0.3, -0.25) is 10.1 Å². The van der Waals surface area contributed by atoms with E-state index >= 15 is 0 Å². The van der Waals surface area contributed by atoms with E-state index in [1.807, 2.05) is 6.07 Å². The molecule has 9 nitrogen and oxygen atoms in total. The van der Waals surface area contributed by atoms with Crippen LogP contribution in [0.5, 0.6) is 0 Å². The van der Waals surface area contributed by atoms with E-state index in [1.54, 1.807) is 24.5 Å². The number of H-pyrrole nitrogens is 2. The van der Waals surface area contributed by atoms with Gasteiger partial charge in [0.05, 0.1) is 16.9 Å². The Hall–Kier alpha value is -4.05. The lowest BCUT2D eigenvalue weighted by atomic mass is 10.0. The number of anilines is 2. The Morgan fingerprint density at radius 3 is 2.76 bits per heavy atom. The summed E-state index contributed by atoms with van der Waals surface area (Å²) in [6.07, 6.45) is 4.90. The van der Waals surface area contributed by atoms with Crippen molar-refractivity contribution < 1.29 is 4.39 Å². The summed E-state index contributed by atoms with van der Waals surface area (Å²) in [5.41, 5.74) is 11.1. The number of pyridine rings is 2. The number of piperazine rings is 1. The molecule has 5 heterocycles. The average Bonchev–Trinajstić information content (AvgIpc) is 3.42. The summed E-state index contributed by atoms with van der Waals surface area (Å²) in [5.74, 6) is 0.197. The summed E-state index contributed by atoms with van der Waals surface area (Å²) < 4.78 is 14.8. The lowest BCUT2D eigenvalue weighted by Crippen LogP contribution is -2.44. The number of rotatable bonds is 3. The van der Waals surface area contributed by atoms with E-state index in [-0.39, 0.29) is 5.82 Å². The molecule has 0 atom stereocenters. The van der Waals surface area contributed by atoms with E-state index in [0.29, 0.717) is 39.5 Å². The van der Waals surface area contributed by atoms with E-state index < -0.39 is 0 Å². The third-order valence-corrected chi connectivity index (χ3v) is 6.16. The SMILES string of the molecule is CN1CCN(c2ccnc3nc(-c4n[nH]c5cc(F)c(-c6cncc(N)c6)cc45)[nH]c23)CC1. The third-order valence-electron chi connectivity index (χ3n) is 6.16. The van der Waals surface area contributed by atoms with Crippen LogP contribution in [0, 0.1) is 5.82 Å². The summed E-state index contributed by atoms with van der Waals surface area (Å²) in [4.78, 5) is 21.3. The molecule has 166 valence electrons. The van der Waals surface area contributed by atoms with E-state index in [0.717, 1.165) is 42.8 Å². The Bertz CT molecular complexity index is 1480. The van der Waals surface area contributed by atoms with Gasteiger partial charge in [-0.25, -0.2) is 14.4 Å². The highest BCUT2D eigenvalue weighted by atomic mass is 19.1. The number of imidazole rings is 1. The lowest BCUT2D eigenvalue weighted by molar-refractivity contribution is 0.313. The van der Waals surface area contributed by atoms with Crippen molar-refractivity contribution in [2.45, 2.75) is 0 Å². The van der Waals surface area contributed by atoms with E-state index in [2.05, 4.69) is 42.0 Å². The molecular formula is C23H22FN9. The van der Waals surface area contributed by atoms with Gasteiger partial charge in [-0.2, -0.15) is 5.10 Å². The predicted molar refractivity (Wildman–Crippen MR) is 126 cm³/mol. The molecule has 0 aliphatic carbocycles. The Morgan fingerprint density at radius 2 is 1.94 bits per heavy atom. The standard InChI is InChI=1S/C23H22FN9/c1-32-4-6-33(7-5-32)19-2-3-27-22-21(19)28-23(29-22)20-16-9-15(13-8-14(25)12-26-11-13)17(24)10-18(16)30-31-20/h2-3,8-12H,4-7,25H2,1H3,(H,30,31)(H,27,28,29). The fourth-order valence-electron chi connectivity index (χ4n) is 4.37. The molecule has 0 bridgehead atoms. The first-order valence-corrected chi connectivity index (χ1v) is 10.7. The predicted octanol–water partition coefficient (Wildman–Crippen LogP) is 3.04. The van der Waals surface area contributed by atoms with Crippen LogP contribution in [0.15, 0.2) is 42.9 Å². The number of nitrogen functional groups attached to an aromatic ring is 1. The molecule has 0 amide bonds. The number of aromatic nitrogens is 6. The number of nitrogens with zero attached hydrogens (tertiary/aromatic N) is 6. The molecule has 33 heavy (non-hydrogen) atoms. The quantitative estimate of drug-likeness (QED) is 0.392. The molecule has 0 saturated carbocycles. The second kappa shape index (κ2) is 7.52.